The third-order valence-corrected chi connectivity index (χ3v) is 12.7. The van der Waals surface area contributed by atoms with E-state index < -0.39 is 55.9 Å². The van der Waals surface area contributed by atoms with Crippen LogP contribution in [0.3, 0.4) is 0 Å². The lowest BCUT2D eigenvalue weighted by atomic mass is 10.1. The van der Waals surface area contributed by atoms with Crippen molar-refractivity contribution in [1.29, 1.82) is 0 Å². The van der Waals surface area contributed by atoms with Crippen LogP contribution >= 0.6 is 46.4 Å². The van der Waals surface area contributed by atoms with Gasteiger partial charge in [-0.2, -0.15) is 0 Å². The van der Waals surface area contributed by atoms with Gasteiger partial charge in [0.2, 0.25) is 35.3 Å². The standard InChI is InChI=1S/C20H15Cl2N3O4.2C20H16ClN3O4/c1-11-2-6-14(9-15(11)21)23-18(28)7-5-12-3-4-13(8-16(12)22)19-24-25-20(29-19)17(27)10-26;2*1-12-2-7-15(8-3-12)22-18(27)9-6-13-4-5-14(10-16(13)21)19-23-24-20(28-19)17(26)11-25/h2-4,6,8-9,17,26-27H,10H2,1H3,(H,23,28);2*2-5,7-8,10,17,25-26H,11H2,1H3,(H,22,27)/t3*17-/m010/s1. The van der Waals surface area contributed by atoms with Crippen molar-refractivity contribution < 1.29 is 58.3 Å². The molecule has 25 heteroatoms. The van der Waals surface area contributed by atoms with E-state index in [1.54, 1.807) is 97.1 Å². The van der Waals surface area contributed by atoms with E-state index in [1.165, 1.54) is 0 Å². The first-order chi connectivity index (χ1) is 40.8. The highest BCUT2D eigenvalue weighted by Gasteiger charge is 2.19. The highest BCUT2D eigenvalue weighted by atomic mass is 35.5. The normalized spacial score (nSPS) is 11.4. The summed E-state index contributed by atoms with van der Waals surface area (Å²) >= 11 is 24.7. The molecule has 21 nitrogen and oxygen atoms in total. The van der Waals surface area contributed by atoms with Crippen LogP contribution in [0.4, 0.5) is 17.1 Å². The summed E-state index contributed by atoms with van der Waals surface area (Å²) in [5.41, 5.74) is 7.83. The number of halogens is 4. The fraction of sp³-hybridized carbons (Fsp3) is 0.150. The average molecular weight is 1230 g/mol. The van der Waals surface area contributed by atoms with E-state index in [9.17, 15) is 29.7 Å². The molecule has 0 saturated carbocycles. The number of aryl methyl sites for hydroxylation is 3. The minimum atomic E-state index is -1.25. The maximum absolute atomic E-state index is 12.0. The van der Waals surface area contributed by atoms with Crippen molar-refractivity contribution in [2.24, 2.45) is 0 Å². The number of aliphatic hydroxyl groups excluding tert-OH is 6. The number of carbonyl (C=O) groups is 3. The van der Waals surface area contributed by atoms with Crippen LogP contribution in [0, 0.1) is 56.3 Å². The highest BCUT2D eigenvalue weighted by molar-refractivity contribution is 6.33. The first-order valence-corrected chi connectivity index (χ1v) is 26.5. The van der Waals surface area contributed by atoms with E-state index >= 15 is 0 Å². The number of anilines is 3. The average Bonchev–Trinajstić information content (AvgIpc) is 4.43. The van der Waals surface area contributed by atoms with Gasteiger partial charge in [0.25, 0.3) is 0 Å². The Bertz CT molecular complexity index is 3870. The monoisotopic (exact) mass is 1230 g/mol. The number of benzene rings is 6. The van der Waals surface area contributed by atoms with Gasteiger partial charge in [-0.15, -0.1) is 30.6 Å². The number of hydrogen-bond acceptors (Lipinski definition) is 18. The summed E-state index contributed by atoms with van der Waals surface area (Å²) in [5, 5.41) is 87.1. The topological polar surface area (TPSA) is 325 Å². The Morgan fingerprint density at radius 2 is 0.729 bits per heavy atom. The Balaban J connectivity index is 0.000000183. The predicted molar refractivity (Wildman–Crippen MR) is 315 cm³/mol. The molecule has 0 saturated heterocycles. The molecule has 0 spiro atoms. The molecule has 9 rings (SSSR count). The first-order valence-electron chi connectivity index (χ1n) is 24.9. The lowest BCUT2D eigenvalue weighted by Gasteiger charge is -2.03. The van der Waals surface area contributed by atoms with Crippen molar-refractivity contribution in [2.75, 3.05) is 35.8 Å². The first kappa shape index (κ1) is 63.3. The van der Waals surface area contributed by atoms with E-state index in [1.807, 2.05) is 45.0 Å². The summed E-state index contributed by atoms with van der Waals surface area (Å²) in [4.78, 5) is 35.9. The molecule has 3 heterocycles. The van der Waals surface area contributed by atoms with E-state index in [4.69, 9.17) is 75.0 Å². The molecule has 9 aromatic rings. The van der Waals surface area contributed by atoms with Gasteiger partial charge in [0, 0.05) is 73.2 Å². The number of aliphatic hydroxyl groups is 6. The Hall–Kier alpha value is -9.25. The van der Waals surface area contributed by atoms with Gasteiger partial charge in [0.15, 0.2) is 18.3 Å². The third kappa shape index (κ3) is 18.4. The number of amides is 3. The van der Waals surface area contributed by atoms with Gasteiger partial charge in [0.1, 0.15) is 0 Å². The highest BCUT2D eigenvalue weighted by Crippen LogP contribution is 2.29. The van der Waals surface area contributed by atoms with Gasteiger partial charge in [-0.25, -0.2) is 0 Å². The number of nitrogens with one attached hydrogen (secondary N) is 3. The number of carbonyl (C=O) groups excluding carboxylic acids is 3. The molecule has 0 aliphatic rings. The molecule has 3 atom stereocenters. The predicted octanol–water partition coefficient (Wildman–Crippen LogP) is 8.80. The number of nitrogens with zero attached hydrogens (tertiary/aromatic N) is 6. The van der Waals surface area contributed by atoms with Crippen molar-refractivity contribution in [3.63, 3.8) is 0 Å². The third-order valence-electron chi connectivity index (χ3n) is 11.3. The SMILES string of the molecule is Cc1ccc(NC(=O)C#Cc2ccc(-c3nnc([C@@H](O)CO)o3)cc2Cl)cc1.Cc1ccc(NC(=O)C#Cc2ccc(-c3nnc([C@@H](O)CO)o3)cc2Cl)cc1Cl.Cc1ccc(NC(=O)C#Cc2ccc(-c3nnc([C@H](O)CO)o3)cc2Cl)cc1. The van der Waals surface area contributed by atoms with E-state index in [2.05, 4.69) is 82.1 Å². The summed E-state index contributed by atoms with van der Waals surface area (Å²) in [6.45, 7) is 4.20. The molecular formula is C60H47Cl4N9O12. The zero-order chi connectivity index (χ0) is 61.2. The number of rotatable bonds is 12. The summed E-state index contributed by atoms with van der Waals surface area (Å²) in [6, 6.07) is 34.4. The number of hydrogen-bond donors (Lipinski definition) is 9. The molecule has 0 radical (unpaired) electrons. The van der Waals surface area contributed by atoms with Crippen molar-refractivity contribution in [3.05, 3.63) is 192 Å². The lowest BCUT2D eigenvalue weighted by Crippen LogP contribution is -2.08. The maximum atomic E-state index is 12.0. The molecule has 0 fully saturated rings. The van der Waals surface area contributed by atoms with Gasteiger partial charge in [-0.1, -0.05) is 106 Å². The summed E-state index contributed by atoms with van der Waals surface area (Å²) in [5.74, 6) is 14.3. The molecular weight excluding hydrogens is 1180 g/mol. The second-order valence-corrected chi connectivity index (χ2v) is 19.5. The zero-order valence-electron chi connectivity index (χ0n) is 44.7. The van der Waals surface area contributed by atoms with Crippen LogP contribution in [0.5, 0.6) is 0 Å². The second-order valence-electron chi connectivity index (χ2n) is 17.8. The van der Waals surface area contributed by atoms with Gasteiger partial charge in [0.05, 0.1) is 34.9 Å². The van der Waals surface area contributed by atoms with Crippen molar-refractivity contribution in [1.82, 2.24) is 30.6 Å². The quantitative estimate of drug-likeness (QED) is 0.0516. The van der Waals surface area contributed by atoms with Crippen LogP contribution in [-0.2, 0) is 14.4 Å². The largest absolute Gasteiger partial charge is 0.418 e. The van der Waals surface area contributed by atoms with E-state index in [0.717, 1.165) is 16.7 Å². The molecule has 6 aromatic carbocycles. The molecule has 3 aromatic heterocycles. The molecule has 0 aliphatic carbocycles. The Morgan fingerprint density at radius 3 is 1.02 bits per heavy atom. The van der Waals surface area contributed by atoms with Crippen molar-refractivity contribution >= 4 is 81.2 Å². The Labute approximate surface area is 504 Å². The number of aromatic nitrogens is 6. The van der Waals surface area contributed by atoms with Crippen LogP contribution in [0.25, 0.3) is 34.4 Å². The molecule has 0 aliphatic heterocycles. The molecule has 0 unspecified atom stereocenters. The van der Waals surface area contributed by atoms with Gasteiger partial charge in [-0.05, 0) is 117 Å². The fourth-order valence-electron chi connectivity index (χ4n) is 6.74. The molecule has 9 N–H and O–H groups in total. The van der Waals surface area contributed by atoms with E-state index in [-0.39, 0.29) is 40.4 Å². The molecule has 0 bridgehead atoms. The van der Waals surface area contributed by atoms with Crippen molar-refractivity contribution in [2.45, 2.75) is 39.1 Å². The maximum Gasteiger partial charge on any atom is 0.300 e. The second kappa shape index (κ2) is 30.3. The van der Waals surface area contributed by atoms with Gasteiger partial charge >= 0.3 is 17.7 Å². The van der Waals surface area contributed by atoms with E-state index in [0.29, 0.717) is 65.5 Å². The summed E-state index contributed by atoms with van der Waals surface area (Å²) < 4.78 is 15.9. The van der Waals surface area contributed by atoms with Crippen molar-refractivity contribution in [3.8, 4) is 69.9 Å². The zero-order valence-corrected chi connectivity index (χ0v) is 47.8. The molecule has 3 amide bonds. The summed E-state index contributed by atoms with van der Waals surface area (Å²) in [7, 11) is 0. The lowest BCUT2D eigenvalue weighted by molar-refractivity contribution is -0.112. The molecule has 85 heavy (non-hydrogen) atoms. The smallest absolute Gasteiger partial charge is 0.300 e. The van der Waals surface area contributed by atoms with Crippen LogP contribution in [0.15, 0.2) is 135 Å². The minimum Gasteiger partial charge on any atom is -0.418 e. The van der Waals surface area contributed by atoms with Gasteiger partial charge in [-0.3, -0.25) is 14.4 Å². The van der Waals surface area contributed by atoms with Crippen LogP contribution in [-0.4, -0.2) is 98.8 Å². The Kier molecular flexibility index (Phi) is 22.6. The van der Waals surface area contributed by atoms with Crippen LogP contribution in [0.1, 0.15) is 69.4 Å². The fourth-order valence-corrected chi connectivity index (χ4v) is 7.61. The van der Waals surface area contributed by atoms with Crippen LogP contribution in [0.2, 0.25) is 20.1 Å². The van der Waals surface area contributed by atoms with Gasteiger partial charge < -0.3 is 59.8 Å². The summed E-state index contributed by atoms with van der Waals surface area (Å²) in [6.07, 6.45) is -3.73. The van der Waals surface area contributed by atoms with Crippen LogP contribution < -0.4 is 16.0 Å². The minimum absolute atomic E-state index is 0.0923. The molecule has 432 valence electrons. The Morgan fingerprint density at radius 1 is 0.424 bits per heavy atom.